The van der Waals surface area contributed by atoms with Gasteiger partial charge in [-0.3, -0.25) is 0 Å². The van der Waals surface area contributed by atoms with Gasteiger partial charge in [0.15, 0.2) is 0 Å². The molecule has 0 heteroatoms. The van der Waals surface area contributed by atoms with Crippen molar-refractivity contribution in [3.05, 3.63) is 41.0 Å². The van der Waals surface area contributed by atoms with Gasteiger partial charge in [-0.1, -0.05) is 37.3 Å². The number of rotatable bonds is 2. The zero-order valence-corrected chi connectivity index (χ0v) is 8.09. The topological polar surface area (TPSA) is 0 Å². The highest BCUT2D eigenvalue weighted by Gasteiger charge is 1.98. The molecule has 0 aliphatic rings. The summed E-state index contributed by atoms with van der Waals surface area (Å²) >= 11 is 0. The van der Waals surface area contributed by atoms with Crippen LogP contribution in [0.4, 0.5) is 0 Å². The van der Waals surface area contributed by atoms with Crippen LogP contribution in [-0.2, 0) is 6.42 Å². The Bertz CT molecular complexity index is 282. The Hall–Kier alpha value is -1.04. The van der Waals surface area contributed by atoms with Gasteiger partial charge >= 0.3 is 0 Å². The molecule has 1 aromatic carbocycles. The van der Waals surface area contributed by atoms with Crippen LogP contribution in [0, 0.1) is 6.92 Å². The molecule has 0 fully saturated rings. The minimum Gasteiger partial charge on any atom is -0.0870 e. The van der Waals surface area contributed by atoms with Gasteiger partial charge in [0.25, 0.3) is 0 Å². The average Bonchev–Trinajstić information content (AvgIpc) is 2.09. The molecule has 0 radical (unpaired) electrons. The van der Waals surface area contributed by atoms with E-state index in [4.69, 9.17) is 0 Å². The third kappa shape index (κ3) is 1.76. The summed E-state index contributed by atoms with van der Waals surface area (Å²) in [4.78, 5) is 0. The van der Waals surface area contributed by atoms with Crippen molar-refractivity contribution in [3.63, 3.8) is 0 Å². The third-order valence-corrected chi connectivity index (χ3v) is 2.13. The highest BCUT2D eigenvalue weighted by Crippen LogP contribution is 2.16. The molecule has 0 heterocycles. The van der Waals surface area contributed by atoms with E-state index in [1.807, 2.05) is 0 Å². The molecule has 0 aliphatic heterocycles. The van der Waals surface area contributed by atoms with Gasteiger partial charge in [-0.25, -0.2) is 0 Å². The zero-order chi connectivity index (χ0) is 8.97. The largest absolute Gasteiger partial charge is 0.0870 e. The molecule has 0 amide bonds. The van der Waals surface area contributed by atoms with E-state index in [2.05, 4.69) is 51.1 Å². The second-order valence-electron chi connectivity index (χ2n) is 3.00. The second-order valence-corrected chi connectivity index (χ2v) is 3.00. The van der Waals surface area contributed by atoms with Crippen LogP contribution < -0.4 is 0 Å². The van der Waals surface area contributed by atoms with Gasteiger partial charge in [0.2, 0.25) is 0 Å². The predicted octanol–water partition coefficient (Wildman–Crippen LogP) is 3.59. The van der Waals surface area contributed by atoms with Crippen molar-refractivity contribution in [1.82, 2.24) is 0 Å². The Morgan fingerprint density at radius 1 is 1.33 bits per heavy atom. The van der Waals surface area contributed by atoms with Crippen LogP contribution in [0.2, 0.25) is 0 Å². The number of benzene rings is 1. The van der Waals surface area contributed by atoms with Crippen molar-refractivity contribution in [3.8, 4) is 0 Å². The van der Waals surface area contributed by atoms with E-state index >= 15 is 0 Å². The first-order chi connectivity index (χ1) is 5.79. The maximum atomic E-state index is 2.20. The molecule has 64 valence electrons. The zero-order valence-electron chi connectivity index (χ0n) is 8.09. The summed E-state index contributed by atoms with van der Waals surface area (Å²) in [6.45, 7) is 6.42. The number of aryl methyl sites for hydroxylation is 2. The van der Waals surface area contributed by atoms with Crippen LogP contribution in [0.1, 0.15) is 30.5 Å². The van der Waals surface area contributed by atoms with Gasteiger partial charge in [-0.05, 0) is 37.0 Å². The van der Waals surface area contributed by atoms with Gasteiger partial charge in [0.05, 0.1) is 0 Å². The third-order valence-electron chi connectivity index (χ3n) is 2.13. The van der Waals surface area contributed by atoms with E-state index in [-0.39, 0.29) is 0 Å². The summed E-state index contributed by atoms with van der Waals surface area (Å²) in [5, 5.41) is 0. The van der Waals surface area contributed by atoms with Crippen LogP contribution in [-0.4, -0.2) is 0 Å². The molecular weight excluding hydrogens is 144 g/mol. The Balaban J connectivity index is 3.19. The molecule has 0 unspecified atom stereocenters. The molecule has 1 aromatic rings. The summed E-state index contributed by atoms with van der Waals surface area (Å²) in [6, 6.07) is 6.48. The summed E-state index contributed by atoms with van der Waals surface area (Å²) in [5.74, 6) is 0. The van der Waals surface area contributed by atoms with Crippen molar-refractivity contribution in [1.29, 1.82) is 0 Å². The molecule has 0 aromatic heterocycles. The molecule has 0 bridgehead atoms. The van der Waals surface area contributed by atoms with Crippen molar-refractivity contribution >= 4 is 6.08 Å². The molecule has 12 heavy (non-hydrogen) atoms. The summed E-state index contributed by atoms with van der Waals surface area (Å²) in [6.07, 6.45) is 5.40. The normalized spacial score (nSPS) is 10.9. The molecular formula is C12H16. The molecule has 0 N–H and O–H groups in total. The lowest BCUT2D eigenvalue weighted by Gasteiger charge is -2.05. The van der Waals surface area contributed by atoms with Crippen LogP contribution in [0.5, 0.6) is 0 Å². The smallest absolute Gasteiger partial charge is 0.0199 e. The fourth-order valence-electron chi connectivity index (χ4n) is 1.45. The molecule has 0 aliphatic carbocycles. The molecule has 0 atom stereocenters. The van der Waals surface area contributed by atoms with Crippen LogP contribution in [0.25, 0.3) is 6.08 Å². The maximum Gasteiger partial charge on any atom is -0.0199 e. The van der Waals surface area contributed by atoms with Gasteiger partial charge in [0.1, 0.15) is 0 Å². The van der Waals surface area contributed by atoms with Gasteiger partial charge in [-0.15, -0.1) is 0 Å². The Morgan fingerprint density at radius 2 is 2.08 bits per heavy atom. The first kappa shape index (κ1) is 9.05. The van der Waals surface area contributed by atoms with Crippen molar-refractivity contribution in [2.24, 2.45) is 0 Å². The Morgan fingerprint density at radius 3 is 2.67 bits per heavy atom. The number of allylic oxidation sites excluding steroid dienone is 1. The quantitative estimate of drug-likeness (QED) is 0.620. The van der Waals surface area contributed by atoms with Gasteiger partial charge in [-0.2, -0.15) is 0 Å². The first-order valence-corrected chi connectivity index (χ1v) is 4.50. The SMILES string of the molecule is C/C=C\c1c(C)cccc1CC. The van der Waals surface area contributed by atoms with E-state index in [0.29, 0.717) is 0 Å². The van der Waals surface area contributed by atoms with E-state index in [1.54, 1.807) is 0 Å². The van der Waals surface area contributed by atoms with E-state index in [0.717, 1.165) is 6.42 Å². The first-order valence-electron chi connectivity index (χ1n) is 4.50. The van der Waals surface area contributed by atoms with E-state index < -0.39 is 0 Å². The van der Waals surface area contributed by atoms with E-state index in [9.17, 15) is 0 Å². The van der Waals surface area contributed by atoms with Gasteiger partial charge in [0, 0.05) is 0 Å². The monoisotopic (exact) mass is 160 g/mol. The van der Waals surface area contributed by atoms with E-state index in [1.165, 1.54) is 16.7 Å². The second kappa shape index (κ2) is 4.10. The molecule has 0 spiro atoms. The highest BCUT2D eigenvalue weighted by molar-refractivity contribution is 5.57. The summed E-state index contributed by atoms with van der Waals surface area (Å²) in [7, 11) is 0. The van der Waals surface area contributed by atoms with Crippen molar-refractivity contribution in [2.45, 2.75) is 27.2 Å². The van der Waals surface area contributed by atoms with Crippen LogP contribution in [0.3, 0.4) is 0 Å². The highest BCUT2D eigenvalue weighted by atomic mass is 14.0. The molecule has 0 saturated carbocycles. The number of hydrogen-bond donors (Lipinski definition) is 0. The Labute approximate surface area is 74.9 Å². The molecule has 0 saturated heterocycles. The fourth-order valence-corrected chi connectivity index (χ4v) is 1.45. The average molecular weight is 160 g/mol. The summed E-state index contributed by atoms with van der Waals surface area (Å²) < 4.78 is 0. The molecule has 0 nitrogen and oxygen atoms in total. The van der Waals surface area contributed by atoms with Crippen LogP contribution in [0.15, 0.2) is 24.3 Å². The van der Waals surface area contributed by atoms with Crippen molar-refractivity contribution in [2.75, 3.05) is 0 Å². The number of hydrogen-bond acceptors (Lipinski definition) is 0. The minimum absolute atomic E-state index is 1.11. The lowest BCUT2D eigenvalue weighted by Crippen LogP contribution is -1.88. The van der Waals surface area contributed by atoms with Crippen LogP contribution >= 0.6 is 0 Å². The maximum absolute atomic E-state index is 2.20. The lowest BCUT2D eigenvalue weighted by molar-refractivity contribution is 1.12. The summed E-state index contributed by atoms with van der Waals surface area (Å²) in [5.41, 5.74) is 4.20. The van der Waals surface area contributed by atoms with Crippen molar-refractivity contribution < 1.29 is 0 Å². The fraction of sp³-hybridized carbons (Fsp3) is 0.333. The minimum atomic E-state index is 1.11. The van der Waals surface area contributed by atoms with Gasteiger partial charge < -0.3 is 0 Å². The predicted molar refractivity (Wildman–Crippen MR) is 55.3 cm³/mol. The Kier molecular flexibility index (Phi) is 3.09. The standard InChI is InChI=1S/C12H16/c1-4-7-12-10(3)8-6-9-11(12)5-2/h4,6-9H,5H2,1-3H3/b7-4-. The molecule has 1 rings (SSSR count). The lowest BCUT2D eigenvalue weighted by atomic mass is 10.00.